The standard InChI is InChI=1S/C12H12N2Te/c13-9-4-3-5-10(8-9)15-12-7-2-1-6-11(12)14/h1-8H,13-14H2. The molecule has 0 bridgehead atoms. The zero-order valence-electron chi connectivity index (χ0n) is 8.18. The van der Waals surface area contributed by atoms with E-state index in [-0.39, 0.29) is 0 Å². The van der Waals surface area contributed by atoms with Crippen LogP contribution in [0.3, 0.4) is 0 Å². The van der Waals surface area contributed by atoms with Crippen molar-refractivity contribution in [3.8, 4) is 0 Å². The number of nitrogen functional groups attached to an aromatic ring is 2. The van der Waals surface area contributed by atoms with Gasteiger partial charge in [-0.25, -0.2) is 0 Å². The Morgan fingerprint density at radius 2 is 1.67 bits per heavy atom. The van der Waals surface area contributed by atoms with Gasteiger partial charge in [0.25, 0.3) is 0 Å². The maximum absolute atomic E-state index is 5.91. The van der Waals surface area contributed by atoms with Crippen LogP contribution in [0.15, 0.2) is 48.5 Å². The molecule has 0 unspecified atom stereocenters. The molecule has 76 valence electrons. The first kappa shape index (κ1) is 10.4. The summed E-state index contributed by atoms with van der Waals surface area (Å²) in [5.74, 6) is 0. The third-order valence-corrected chi connectivity index (χ3v) is 5.09. The number of anilines is 2. The van der Waals surface area contributed by atoms with E-state index in [1.165, 1.54) is 7.22 Å². The molecule has 4 N–H and O–H groups in total. The Balaban J connectivity index is 2.26. The van der Waals surface area contributed by atoms with Gasteiger partial charge in [-0.05, 0) is 0 Å². The summed E-state index contributed by atoms with van der Waals surface area (Å²) in [5.41, 5.74) is 13.4. The zero-order valence-corrected chi connectivity index (χ0v) is 10.5. The van der Waals surface area contributed by atoms with E-state index in [2.05, 4.69) is 12.1 Å². The summed E-state index contributed by atoms with van der Waals surface area (Å²) in [6, 6.07) is 16.1. The van der Waals surface area contributed by atoms with E-state index in [1.807, 2.05) is 36.4 Å². The van der Waals surface area contributed by atoms with Crippen molar-refractivity contribution in [2.75, 3.05) is 11.5 Å². The van der Waals surface area contributed by atoms with E-state index in [0.717, 1.165) is 11.4 Å². The van der Waals surface area contributed by atoms with Crippen LogP contribution in [0.5, 0.6) is 0 Å². The fourth-order valence-corrected chi connectivity index (χ4v) is 3.93. The molecule has 0 atom stereocenters. The third kappa shape index (κ3) is 2.65. The molecule has 3 heteroatoms. The number of nitrogens with two attached hydrogens (primary N) is 2. The fourth-order valence-electron chi connectivity index (χ4n) is 1.28. The van der Waals surface area contributed by atoms with Crippen LogP contribution in [0.2, 0.25) is 0 Å². The first-order valence-electron chi connectivity index (χ1n) is 4.63. The van der Waals surface area contributed by atoms with Gasteiger partial charge in [-0.1, -0.05) is 0 Å². The third-order valence-electron chi connectivity index (χ3n) is 2.00. The van der Waals surface area contributed by atoms with Gasteiger partial charge in [0, 0.05) is 0 Å². The topological polar surface area (TPSA) is 52.0 Å². The van der Waals surface area contributed by atoms with Gasteiger partial charge in [0.2, 0.25) is 0 Å². The summed E-state index contributed by atoms with van der Waals surface area (Å²) in [6.07, 6.45) is 0. The average molecular weight is 312 g/mol. The summed E-state index contributed by atoms with van der Waals surface area (Å²) >= 11 is -0.405. The summed E-state index contributed by atoms with van der Waals surface area (Å²) in [4.78, 5) is 0. The summed E-state index contributed by atoms with van der Waals surface area (Å²) in [6.45, 7) is 0. The van der Waals surface area contributed by atoms with E-state index in [0.29, 0.717) is 0 Å². The predicted octanol–water partition coefficient (Wildman–Crippen LogP) is 0.506. The number of para-hydroxylation sites is 1. The molecule has 2 nitrogen and oxygen atoms in total. The molecule has 0 aromatic heterocycles. The van der Waals surface area contributed by atoms with Crippen LogP contribution in [0.25, 0.3) is 0 Å². The first-order valence-corrected chi connectivity index (χ1v) is 6.96. The second-order valence-corrected chi connectivity index (χ2v) is 6.40. The van der Waals surface area contributed by atoms with Crippen LogP contribution in [0, 0.1) is 0 Å². The summed E-state index contributed by atoms with van der Waals surface area (Å²) in [7, 11) is 0. The van der Waals surface area contributed by atoms with Crippen molar-refractivity contribution in [1.29, 1.82) is 0 Å². The minimum absolute atomic E-state index is 0.405. The van der Waals surface area contributed by atoms with Crippen molar-refractivity contribution < 1.29 is 0 Å². The van der Waals surface area contributed by atoms with Crippen molar-refractivity contribution in [2.24, 2.45) is 0 Å². The van der Waals surface area contributed by atoms with Gasteiger partial charge in [-0.2, -0.15) is 0 Å². The van der Waals surface area contributed by atoms with Crippen LogP contribution in [-0.2, 0) is 0 Å². The molecule has 0 saturated carbocycles. The van der Waals surface area contributed by atoms with Gasteiger partial charge >= 0.3 is 99.5 Å². The van der Waals surface area contributed by atoms with Crippen LogP contribution in [-0.4, -0.2) is 20.9 Å². The Kier molecular flexibility index (Phi) is 3.15. The van der Waals surface area contributed by atoms with Crippen molar-refractivity contribution in [3.05, 3.63) is 48.5 Å². The van der Waals surface area contributed by atoms with Gasteiger partial charge in [0.05, 0.1) is 0 Å². The number of benzene rings is 2. The van der Waals surface area contributed by atoms with E-state index < -0.39 is 20.9 Å². The van der Waals surface area contributed by atoms with E-state index in [9.17, 15) is 0 Å². The van der Waals surface area contributed by atoms with E-state index >= 15 is 0 Å². The fraction of sp³-hybridized carbons (Fsp3) is 0. The van der Waals surface area contributed by atoms with Crippen LogP contribution in [0.4, 0.5) is 11.4 Å². The van der Waals surface area contributed by atoms with Crippen LogP contribution >= 0.6 is 0 Å². The second-order valence-electron chi connectivity index (χ2n) is 3.21. The van der Waals surface area contributed by atoms with Gasteiger partial charge in [-0.3, -0.25) is 0 Å². The number of rotatable bonds is 2. The molecule has 0 aliphatic rings. The van der Waals surface area contributed by atoms with Crippen molar-refractivity contribution >= 4 is 39.5 Å². The predicted molar refractivity (Wildman–Crippen MR) is 66.7 cm³/mol. The van der Waals surface area contributed by atoms with Crippen LogP contribution < -0.4 is 18.7 Å². The van der Waals surface area contributed by atoms with Gasteiger partial charge in [0.1, 0.15) is 0 Å². The molecular weight excluding hydrogens is 300 g/mol. The molecule has 2 aromatic carbocycles. The monoisotopic (exact) mass is 314 g/mol. The minimum atomic E-state index is -0.405. The normalized spacial score (nSPS) is 10.1. The average Bonchev–Trinajstić information content (AvgIpc) is 2.22. The Morgan fingerprint density at radius 1 is 0.867 bits per heavy atom. The first-order chi connectivity index (χ1) is 7.25. The number of hydrogen-bond donors (Lipinski definition) is 2. The molecule has 0 heterocycles. The van der Waals surface area contributed by atoms with Gasteiger partial charge < -0.3 is 0 Å². The molecule has 0 radical (unpaired) electrons. The molecule has 0 aliphatic heterocycles. The van der Waals surface area contributed by atoms with Gasteiger partial charge in [0.15, 0.2) is 0 Å². The Labute approximate surface area is 99.4 Å². The zero-order chi connectivity index (χ0) is 10.7. The SMILES string of the molecule is Nc1cccc([Te]c2ccccc2N)c1. The van der Waals surface area contributed by atoms with Crippen molar-refractivity contribution in [3.63, 3.8) is 0 Å². The molecule has 0 amide bonds. The molecule has 0 saturated heterocycles. The summed E-state index contributed by atoms with van der Waals surface area (Å²) < 4.78 is 2.59. The van der Waals surface area contributed by atoms with Crippen LogP contribution in [0.1, 0.15) is 0 Å². The molecule has 2 rings (SSSR count). The number of hydrogen-bond acceptors (Lipinski definition) is 2. The Morgan fingerprint density at radius 3 is 2.40 bits per heavy atom. The quantitative estimate of drug-likeness (QED) is 0.627. The molecule has 15 heavy (non-hydrogen) atoms. The summed E-state index contributed by atoms with van der Waals surface area (Å²) in [5, 5.41) is 0. The van der Waals surface area contributed by atoms with E-state index in [1.54, 1.807) is 0 Å². The molecule has 0 fully saturated rings. The van der Waals surface area contributed by atoms with E-state index in [4.69, 9.17) is 11.5 Å². The second kappa shape index (κ2) is 4.57. The molecule has 2 aromatic rings. The van der Waals surface area contributed by atoms with Crippen molar-refractivity contribution in [1.82, 2.24) is 0 Å². The molecular formula is C12H12N2Te. The Hall–Kier alpha value is -1.17. The molecule has 0 spiro atoms. The maximum atomic E-state index is 5.91. The molecule has 0 aliphatic carbocycles. The van der Waals surface area contributed by atoms with Gasteiger partial charge in [-0.15, -0.1) is 0 Å². The van der Waals surface area contributed by atoms with Crippen molar-refractivity contribution in [2.45, 2.75) is 0 Å². The Bertz CT molecular complexity index is 469.